The second-order valence-electron chi connectivity index (χ2n) is 3.47. The number of alkyl halides is 3. The minimum atomic E-state index is -4.80. The number of halogens is 3. The van der Waals surface area contributed by atoms with Crippen molar-refractivity contribution in [1.29, 1.82) is 0 Å². The molecule has 0 atom stereocenters. The number of hydrogen-bond donors (Lipinski definition) is 1. The molecule has 1 aromatic carbocycles. The molecular weight excluding hydrogens is 281 g/mol. The Morgan fingerprint density at radius 3 is 2.74 bits per heavy atom. The zero-order chi connectivity index (χ0) is 14.5. The van der Waals surface area contributed by atoms with Crippen LogP contribution in [-0.2, 0) is 4.79 Å². The molecule has 1 rings (SSSR count). The zero-order valence-corrected chi connectivity index (χ0v) is 10.7. The number of phenols is 1. The maximum absolute atomic E-state index is 12.2. The predicted octanol–water partition coefficient (Wildman–Crippen LogP) is 3.58. The molecule has 0 spiro atoms. The third-order valence-corrected chi connectivity index (χ3v) is 2.66. The van der Waals surface area contributed by atoms with Crippen LogP contribution in [0.4, 0.5) is 13.2 Å². The quantitative estimate of drug-likeness (QED) is 0.921. The van der Waals surface area contributed by atoms with Gasteiger partial charge in [0.05, 0.1) is 0 Å². The molecule has 1 N–H and O–H groups in total. The average molecular weight is 292 g/mol. The molecule has 7 heteroatoms. The summed E-state index contributed by atoms with van der Waals surface area (Å²) in [4.78, 5) is 10.7. The molecule has 104 valence electrons. The number of carbonyl (C=O) groups is 1. The number of aromatic hydroxyl groups is 1. The molecule has 0 amide bonds. The monoisotopic (exact) mass is 292 g/mol. The van der Waals surface area contributed by atoms with E-state index < -0.39 is 12.1 Å². The summed E-state index contributed by atoms with van der Waals surface area (Å²) >= 11 is 1.02. The van der Waals surface area contributed by atoms with E-state index in [2.05, 4.69) is 4.74 Å². The molecule has 0 heterocycles. The van der Waals surface area contributed by atoms with Crippen LogP contribution in [-0.4, -0.2) is 22.3 Å². The second kappa shape index (κ2) is 6.51. The van der Waals surface area contributed by atoms with E-state index in [-0.39, 0.29) is 16.4 Å². The van der Waals surface area contributed by atoms with Crippen molar-refractivity contribution in [3.63, 3.8) is 0 Å². The highest BCUT2D eigenvalue weighted by molar-refractivity contribution is 8.13. The van der Waals surface area contributed by atoms with Gasteiger partial charge < -0.3 is 9.84 Å². The summed E-state index contributed by atoms with van der Waals surface area (Å²) in [6.07, 6.45) is -1.92. The van der Waals surface area contributed by atoms with Crippen molar-refractivity contribution in [2.45, 2.75) is 13.3 Å². The van der Waals surface area contributed by atoms with Gasteiger partial charge in [-0.3, -0.25) is 4.79 Å². The fraction of sp³-hybridized carbons (Fsp3) is 0.250. The number of benzene rings is 1. The first-order chi connectivity index (χ1) is 8.78. The third kappa shape index (κ3) is 6.19. The smallest absolute Gasteiger partial charge is 0.508 e. The van der Waals surface area contributed by atoms with Crippen molar-refractivity contribution in [3.05, 3.63) is 29.8 Å². The molecule has 19 heavy (non-hydrogen) atoms. The van der Waals surface area contributed by atoms with E-state index in [0.717, 1.165) is 30.0 Å². The van der Waals surface area contributed by atoms with Crippen molar-refractivity contribution in [3.8, 4) is 11.5 Å². The van der Waals surface area contributed by atoms with Crippen molar-refractivity contribution in [2.75, 3.05) is 5.75 Å². The van der Waals surface area contributed by atoms with Gasteiger partial charge in [0, 0.05) is 18.2 Å². The van der Waals surface area contributed by atoms with E-state index in [9.17, 15) is 23.1 Å². The van der Waals surface area contributed by atoms with Gasteiger partial charge in [-0.05, 0) is 18.2 Å². The Labute approximate surface area is 112 Å². The summed E-state index contributed by atoms with van der Waals surface area (Å²) in [5, 5.41) is 9.16. The van der Waals surface area contributed by atoms with Gasteiger partial charge in [-0.15, -0.1) is 13.2 Å². The maximum Gasteiger partial charge on any atom is 0.573 e. The normalized spacial score (nSPS) is 11.8. The molecule has 0 aliphatic carbocycles. The number of hydrogen-bond acceptors (Lipinski definition) is 4. The van der Waals surface area contributed by atoms with E-state index in [1.54, 1.807) is 0 Å². The molecule has 0 aliphatic rings. The summed E-state index contributed by atoms with van der Waals surface area (Å²) in [6, 6.07) is 3.28. The molecule has 3 nitrogen and oxygen atoms in total. The molecule has 0 aliphatic heterocycles. The third-order valence-electron chi connectivity index (χ3n) is 1.90. The maximum atomic E-state index is 12.2. The van der Waals surface area contributed by atoms with Crippen molar-refractivity contribution < 1.29 is 27.8 Å². The Morgan fingerprint density at radius 1 is 1.47 bits per heavy atom. The van der Waals surface area contributed by atoms with Crippen LogP contribution in [0.1, 0.15) is 12.5 Å². The molecule has 0 radical (unpaired) electrons. The van der Waals surface area contributed by atoms with E-state index in [1.807, 2.05) is 0 Å². The second-order valence-corrected chi connectivity index (χ2v) is 4.67. The summed E-state index contributed by atoms with van der Waals surface area (Å²) in [5.41, 5.74) is 0.0847. The van der Waals surface area contributed by atoms with Crippen LogP contribution in [0.25, 0.3) is 6.08 Å². The van der Waals surface area contributed by atoms with Gasteiger partial charge in [-0.2, -0.15) is 0 Å². The van der Waals surface area contributed by atoms with Gasteiger partial charge in [0.25, 0.3) is 0 Å². The Kier molecular flexibility index (Phi) is 5.29. The summed E-state index contributed by atoms with van der Waals surface area (Å²) in [5.74, 6) is -0.251. The fourth-order valence-electron chi connectivity index (χ4n) is 1.22. The lowest BCUT2D eigenvalue weighted by Gasteiger charge is -2.11. The summed E-state index contributed by atoms with van der Waals surface area (Å²) < 4.78 is 40.3. The van der Waals surface area contributed by atoms with Gasteiger partial charge in [0.15, 0.2) is 5.12 Å². The standard InChI is InChI=1S/C12H11F3O3S/c1-8(16)19-6-2-3-9-7-10(17)4-5-11(9)18-12(13,14)15/h2-5,7,17H,6H2,1H3. The molecule has 0 fully saturated rings. The molecule has 0 aromatic heterocycles. The van der Waals surface area contributed by atoms with Crippen LogP contribution in [0, 0.1) is 0 Å². The van der Waals surface area contributed by atoms with Gasteiger partial charge in [-0.1, -0.05) is 23.9 Å². The van der Waals surface area contributed by atoms with Crippen molar-refractivity contribution in [1.82, 2.24) is 0 Å². The van der Waals surface area contributed by atoms with Gasteiger partial charge >= 0.3 is 6.36 Å². The largest absolute Gasteiger partial charge is 0.573 e. The van der Waals surface area contributed by atoms with Crippen molar-refractivity contribution >= 4 is 23.0 Å². The predicted molar refractivity (Wildman–Crippen MR) is 67.0 cm³/mol. The van der Waals surface area contributed by atoms with Crippen LogP contribution < -0.4 is 4.74 Å². The van der Waals surface area contributed by atoms with Gasteiger partial charge in [0.2, 0.25) is 0 Å². The zero-order valence-electron chi connectivity index (χ0n) is 9.90. The van der Waals surface area contributed by atoms with Crippen LogP contribution >= 0.6 is 11.8 Å². The lowest BCUT2D eigenvalue weighted by atomic mass is 10.2. The van der Waals surface area contributed by atoms with Crippen LogP contribution in [0.2, 0.25) is 0 Å². The molecule has 1 aromatic rings. The topological polar surface area (TPSA) is 46.5 Å². The first-order valence-corrected chi connectivity index (χ1v) is 6.15. The number of rotatable bonds is 4. The average Bonchev–Trinajstić information content (AvgIpc) is 2.26. The highest BCUT2D eigenvalue weighted by atomic mass is 32.2. The Hall–Kier alpha value is -1.63. The van der Waals surface area contributed by atoms with E-state index in [4.69, 9.17) is 0 Å². The lowest BCUT2D eigenvalue weighted by molar-refractivity contribution is -0.274. The molecule has 0 saturated carbocycles. The SMILES string of the molecule is CC(=O)SCC=Cc1cc(O)ccc1OC(F)(F)F. The van der Waals surface area contributed by atoms with E-state index in [1.165, 1.54) is 19.1 Å². The van der Waals surface area contributed by atoms with E-state index in [0.29, 0.717) is 5.75 Å². The number of thioether (sulfide) groups is 1. The van der Waals surface area contributed by atoms with E-state index >= 15 is 0 Å². The molecule has 0 saturated heterocycles. The first-order valence-electron chi connectivity index (χ1n) is 5.16. The fourth-order valence-corrected chi connectivity index (χ4v) is 1.65. The molecular formula is C12H11F3O3S. The van der Waals surface area contributed by atoms with Crippen LogP contribution in [0.3, 0.4) is 0 Å². The van der Waals surface area contributed by atoms with Gasteiger partial charge in [0.1, 0.15) is 11.5 Å². The minimum Gasteiger partial charge on any atom is -0.508 e. The Bertz CT molecular complexity index is 484. The Morgan fingerprint density at radius 2 is 2.16 bits per heavy atom. The Balaban J connectivity index is 2.85. The minimum absolute atomic E-state index is 0.0847. The molecule has 0 bridgehead atoms. The number of carbonyl (C=O) groups excluding carboxylic acids is 1. The lowest BCUT2D eigenvalue weighted by Crippen LogP contribution is -2.17. The molecule has 0 unspecified atom stereocenters. The summed E-state index contributed by atoms with van der Waals surface area (Å²) in [7, 11) is 0. The van der Waals surface area contributed by atoms with Gasteiger partial charge in [-0.25, -0.2) is 0 Å². The van der Waals surface area contributed by atoms with Crippen LogP contribution in [0.15, 0.2) is 24.3 Å². The first kappa shape index (κ1) is 15.4. The highest BCUT2D eigenvalue weighted by Gasteiger charge is 2.31. The van der Waals surface area contributed by atoms with Crippen LogP contribution in [0.5, 0.6) is 11.5 Å². The van der Waals surface area contributed by atoms with Crippen molar-refractivity contribution in [2.24, 2.45) is 0 Å². The number of phenolic OH excluding ortho intramolecular Hbond substituents is 1. The summed E-state index contributed by atoms with van der Waals surface area (Å²) in [6.45, 7) is 1.39. The highest BCUT2D eigenvalue weighted by Crippen LogP contribution is 2.30. The number of ether oxygens (including phenoxy) is 1.